The van der Waals surface area contributed by atoms with E-state index < -0.39 is 6.10 Å². The number of rotatable bonds is 6. The molecule has 0 radical (unpaired) electrons. The maximum atomic E-state index is 10.5. The maximum absolute atomic E-state index is 10.5. The van der Waals surface area contributed by atoms with Crippen molar-refractivity contribution in [2.24, 2.45) is 0 Å². The molecule has 0 saturated carbocycles. The van der Waals surface area contributed by atoms with Crippen molar-refractivity contribution in [1.29, 1.82) is 0 Å². The van der Waals surface area contributed by atoms with Gasteiger partial charge in [-0.15, -0.1) is 0 Å². The van der Waals surface area contributed by atoms with Gasteiger partial charge in [0.25, 0.3) is 0 Å². The number of aliphatic hydroxyl groups excluding tert-OH is 1. The minimum Gasteiger partial charge on any atom is -0.497 e. The summed E-state index contributed by atoms with van der Waals surface area (Å²) in [5.74, 6) is 2.98. The summed E-state index contributed by atoms with van der Waals surface area (Å²) in [6, 6.07) is 22.1. The number of benzene rings is 3. The monoisotopic (exact) mass is 336 g/mol. The molecule has 1 N–H and O–H groups in total. The molecule has 3 rings (SSSR count). The predicted octanol–water partition coefficient (Wildman–Crippen LogP) is 4.58. The second kappa shape index (κ2) is 7.73. The lowest BCUT2D eigenvalue weighted by Crippen LogP contribution is -1.99. The lowest BCUT2D eigenvalue weighted by Gasteiger charge is -2.13. The van der Waals surface area contributed by atoms with E-state index in [4.69, 9.17) is 14.2 Å². The number of hydrogen-bond acceptors (Lipinski definition) is 4. The topological polar surface area (TPSA) is 47.9 Å². The van der Waals surface area contributed by atoms with Crippen molar-refractivity contribution in [2.75, 3.05) is 14.2 Å². The molecule has 4 heteroatoms. The van der Waals surface area contributed by atoms with E-state index >= 15 is 0 Å². The van der Waals surface area contributed by atoms with E-state index in [9.17, 15) is 5.11 Å². The van der Waals surface area contributed by atoms with Crippen LogP contribution in [0.15, 0.2) is 72.8 Å². The second-order valence-corrected chi connectivity index (χ2v) is 5.52. The van der Waals surface area contributed by atoms with Crippen molar-refractivity contribution in [2.45, 2.75) is 6.10 Å². The zero-order chi connectivity index (χ0) is 17.6. The molecule has 0 spiro atoms. The summed E-state index contributed by atoms with van der Waals surface area (Å²) in [6.07, 6.45) is -0.694. The fourth-order valence-corrected chi connectivity index (χ4v) is 2.48. The van der Waals surface area contributed by atoms with Crippen LogP contribution in [0.2, 0.25) is 0 Å². The molecule has 3 aromatic rings. The van der Waals surface area contributed by atoms with Crippen LogP contribution in [0.25, 0.3) is 0 Å². The number of ether oxygens (including phenoxy) is 3. The fourth-order valence-electron chi connectivity index (χ4n) is 2.48. The van der Waals surface area contributed by atoms with Crippen molar-refractivity contribution in [3.8, 4) is 23.0 Å². The van der Waals surface area contributed by atoms with E-state index in [-0.39, 0.29) is 0 Å². The van der Waals surface area contributed by atoms with Gasteiger partial charge < -0.3 is 19.3 Å². The smallest absolute Gasteiger partial charge is 0.127 e. The Balaban J connectivity index is 1.69. The van der Waals surface area contributed by atoms with E-state index in [2.05, 4.69) is 0 Å². The van der Waals surface area contributed by atoms with Crippen LogP contribution in [-0.2, 0) is 0 Å². The first-order chi connectivity index (χ1) is 12.2. The summed E-state index contributed by atoms with van der Waals surface area (Å²) >= 11 is 0. The van der Waals surface area contributed by atoms with Gasteiger partial charge in [-0.2, -0.15) is 0 Å². The first-order valence-electron chi connectivity index (χ1n) is 7.93. The highest BCUT2D eigenvalue weighted by Crippen LogP contribution is 2.28. The van der Waals surface area contributed by atoms with Gasteiger partial charge in [0.1, 0.15) is 29.1 Å². The van der Waals surface area contributed by atoms with Gasteiger partial charge in [0, 0.05) is 0 Å². The number of methoxy groups -OCH3 is 2. The molecule has 3 aromatic carbocycles. The van der Waals surface area contributed by atoms with Gasteiger partial charge in [-0.25, -0.2) is 0 Å². The summed E-state index contributed by atoms with van der Waals surface area (Å²) in [5.41, 5.74) is 1.61. The third kappa shape index (κ3) is 4.11. The third-order valence-corrected chi connectivity index (χ3v) is 3.92. The van der Waals surface area contributed by atoms with E-state index in [0.717, 1.165) is 28.4 Å². The minimum atomic E-state index is -0.694. The quantitative estimate of drug-likeness (QED) is 0.716. The van der Waals surface area contributed by atoms with Crippen molar-refractivity contribution >= 4 is 0 Å². The average molecular weight is 336 g/mol. The second-order valence-electron chi connectivity index (χ2n) is 5.52. The molecule has 1 atom stereocenters. The van der Waals surface area contributed by atoms with Crippen molar-refractivity contribution in [1.82, 2.24) is 0 Å². The van der Waals surface area contributed by atoms with Crippen LogP contribution in [0, 0.1) is 0 Å². The van der Waals surface area contributed by atoms with Crippen molar-refractivity contribution < 1.29 is 19.3 Å². The van der Waals surface area contributed by atoms with Gasteiger partial charge in [0.15, 0.2) is 0 Å². The molecule has 0 aromatic heterocycles. The Morgan fingerprint density at radius 2 is 0.880 bits per heavy atom. The average Bonchev–Trinajstić information content (AvgIpc) is 2.69. The van der Waals surface area contributed by atoms with Gasteiger partial charge in [0.05, 0.1) is 14.2 Å². The molecule has 0 aliphatic heterocycles. The summed E-state index contributed by atoms with van der Waals surface area (Å²) in [7, 11) is 3.25. The van der Waals surface area contributed by atoms with E-state index in [1.54, 1.807) is 14.2 Å². The molecule has 0 aliphatic carbocycles. The van der Waals surface area contributed by atoms with Crippen LogP contribution in [0.4, 0.5) is 0 Å². The van der Waals surface area contributed by atoms with E-state index in [1.165, 1.54) is 0 Å². The maximum Gasteiger partial charge on any atom is 0.127 e. The van der Waals surface area contributed by atoms with Crippen LogP contribution in [-0.4, -0.2) is 19.3 Å². The molecule has 128 valence electrons. The van der Waals surface area contributed by atoms with E-state index in [1.807, 2.05) is 72.8 Å². The Morgan fingerprint density at radius 3 is 1.28 bits per heavy atom. The SMILES string of the molecule is COc1ccc(Oc2ccc(C(O)c3ccc(OC)cc3)cc2)cc1. The Morgan fingerprint density at radius 1 is 0.560 bits per heavy atom. The van der Waals surface area contributed by atoms with E-state index in [0.29, 0.717) is 5.75 Å². The molecule has 0 bridgehead atoms. The predicted molar refractivity (Wildman–Crippen MR) is 96.6 cm³/mol. The van der Waals surface area contributed by atoms with Crippen LogP contribution in [0.1, 0.15) is 17.2 Å². The zero-order valence-corrected chi connectivity index (χ0v) is 14.2. The molecule has 0 saturated heterocycles. The summed E-state index contributed by atoms with van der Waals surface area (Å²) in [4.78, 5) is 0. The van der Waals surface area contributed by atoms with Crippen LogP contribution in [0.3, 0.4) is 0 Å². The number of aliphatic hydroxyl groups is 1. The first kappa shape index (κ1) is 16.9. The van der Waals surface area contributed by atoms with Crippen LogP contribution in [0.5, 0.6) is 23.0 Å². The highest BCUT2D eigenvalue weighted by Gasteiger charge is 2.10. The summed E-state index contributed by atoms with van der Waals surface area (Å²) in [6.45, 7) is 0. The van der Waals surface area contributed by atoms with Crippen LogP contribution < -0.4 is 14.2 Å². The Bertz CT molecular complexity index is 793. The van der Waals surface area contributed by atoms with Gasteiger partial charge in [-0.3, -0.25) is 0 Å². The molecule has 0 heterocycles. The zero-order valence-electron chi connectivity index (χ0n) is 14.2. The lowest BCUT2D eigenvalue weighted by atomic mass is 10.0. The summed E-state index contributed by atoms with van der Waals surface area (Å²) < 4.78 is 16.1. The van der Waals surface area contributed by atoms with Gasteiger partial charge in [-0.1, -0.05) is 24.3 Å². The molecular weight excluding hydrogens is 316 g/mol. The Kier molecular flexibility index (Phi) is 5.21. The van der Waals surface area contributed by atoms with Gasteiger partial charge in [0.2, 0.25) is 0 Å². The molecule has 1 unspecified atom stereocenters. The molecule has 4 nitrogen and oxygen atoms in total. The Hall–Kier alpha value is -2.98. The number of hydrogen-bond donors (Lipinski definition) is 1. The van der Waals surface area contributed by atoms with Crippen LogP contribution >= 0.6 is 0 Å². The van der Waals surface area contributed by atoms with Crippen molar-refractivity contribution in [3.05, 3.63) is 83.9 Å². The highest BCUT2D eigenvalue weighted by atomic mass is 16.5. The largest absolute Gasteiger partial charge is 0.497 e. The normalized spacial score (nSPS) is 11.6. The Labute approximate surface area is 147 Å². The molecule has 0 amide bonds. The van der Waals surface area contributed by atoms with Gasteiger partial charge in [-0.05, 0) is 59.7 Å². The highest BCUT2D eigenvalue weighted by molar-refractivity contribution is 5.39. The minimum absolute atomic E-state index is 0.694. The standard InChI is InChI=1S/C21H20O4/c1-23-17-7-3-15(4-8-17)21(22)16-5-9-19(10-6-16)25-20-13-11-18(24-2)12-14-20/h3-14,21-22H,1-2H3. The molecule has 0 fully saturated rings. The molecule has 0 aliphatic rings. The third-order valence-electron chi connectivity index (χ3n) is 3.92. The van der Waals surface area contributed by atoms with Crippen molar-refractivity contribution in [3.63, 3.8) is 0 Å². The fraction of sp³-hybridized carbons (Fsp3) is 0.143. The lowest BCUT2D eigenvalue weighted by molar-refractivity contribution is 0.220. The first-order valence-corrected chi connectivity index (χ1v) is 7.93. The van der Waals surface area contributed by atoms with Gasteiger partial charge >= 0.3 is 0 Å². The molecule has 25 heavy (non-hydrogen) atoms. The summed E-state index contributed by atoms with van der Waals surface area (Å²) in [5, 5.41) is 10.5. The molecular formula is C21H20O4.